The SMILES string of the molecule is Cc1cc(C)c(C(C)NCC2CCC(=O)N2)cc1C. The van der Waals surface area contributed by atoms with Crippen molar-refractivity contribution in [3.8, 4) is 0 Å². The smallest absolute Gasteiger partial charge is 0.220 e. The van der Waals surface area contributed by atoms with Gasteiger partial charge in [0.05, 0.1) is 0 Å². The lowest BCUT2D eigenvalue weighted by atomic mass is 9.96. The first-order valence-electron chi connectivity index (χ1n) is 7.08. The summed E-state index contributed by atoms with van der Waals surface area (Å²) in [5.74, 6) is 0.182. The number of amides is 1. The summed E-state index contributed by atoms with van der Waals surface area (Å²) in [5.41, 5.74) is 5.37. The Morgan fingerprint density at radius 1 is 1.26 bits per heavy atom. The van der Waals surface area contributed by atoms with Crippen molar-refractivity contribution in [2.24, 2.45) is 0 Å². The van der Waals surface area contributed by atoms with Gasteiger partial charge in [0.15, 0.2) is 0 Å². The first-order valence-corrected chi connectivity index (χ1v) is 7.08. The van der Waals surface area contributed by atoms with Gasteiger partial charge < -0.3 is 10.6 Å². The first kappa shape index (κ1) is 14.1. The van der Waals surface area contributed by atoms with E-state index in [1.54, 1.807) is 0 Å². The van der Waals surface area contributed by atoms with Gasteiger partial charge in [-0.25, -0.2) is 0 Å². The number of carbonyl (C=O) groups is 1. The summed E-state index contributed by atoms with van der Waals surface area (Å²) in [5, 5.41) is 6.53. The molecule has 2 atom stereocenters. The third kappa shape index (κ3) is 3.35. The molecular weight excluding hydrogens is 236 g/mol. The Morgan fingerprint density at radius 2 is 1.95 bits per heavy atom. The van der Waals surface area contributed by atoms with Crippen LogP contribution in [0.4, 0.5) is 0 Å². The van der Waals surface area contributed by atoms with Crippen LogP contribution < -0.4 is 10.6 Å². The number of hydrogen-bond donors (Lipinski definition) is 2. The predicted octanol–water partition coefficient (Wildman–Crippen LogP) is 2.54. The topological polar surface area (TPSA) is 41.1 Å². The Bertz CT molecular complexity index is 482. The number of carbonyl (C=O) groups excluding carboxylic acids is 1. The average Bonchev–Trinajstić information content (AvgIpc) is 2.77. The molecule has 0 aromatic heterocycles. The van der Waals surface area contributed by atoms with E-state index in [1.165, 1.54) is 22.3 Å². The molecule has 2 unspecified atom stereocenters. The molecule has 19 heavy (non-hydrogen) atoms. The van der Waals surface area contributed by atoms with Crippen molar-refractivity contribution < 1.29 is 4.79 Å². The minimum absolute atomic E-state index is 0.182. The minimum Gasteiger partial charge on any atom is -0.352 e. The van der Waals surface area contributed by atoms with Gasteiger partial charge in [0.25, 0.3) is 0 Å². The molecule has 1 aromatic carbocycles. The van der Waals surface area contributed by atoms with Crippen LogP contribution in [0.3, 0.4) is 0 Å². The molecule has 2 N–H and O–H groups in total. The molecule has 1 aromatic rings. The second kappa shape index (κ2) is 5.74. The maximum Gasteiger partial charge on any atom is 0.220 e. The van der Waals surface area contributed by atoms with Gasteiger partial charge in [-0.3, -0.25) is 4.79 Å². The lowest BCUT2D eigenvalue weighted by Gasteiger charge is -2.20. The van der Waals surface area contributed by atoms with Crippen molar-refractivity contribution in [3.05, 3.63) is 34.4 Å². The zero-order chi connectivity index (χ0) is 14.0. The Hall–Kier alpha value is -1.35. The highest BCUT2D eigenvalue weighted by molar-refractivity contribution is 5.78. The summed E-state index contributed by atoms with van der Waals surface area (Å²) in [4.78, 5) is 11.2. The maximum atomic E-state index is 11.2. The van der Waals surface area contributed by atoms with Crippen LogP contribution in [-0.4, -0.2) is 18.5 Å². The van der Waals surface area contributed by atoms with E-state index in [0.717, 1.165) is 13.0 Å². The third-order valence-electron chi connectivity index (χ3n) is 4.10. The van der Waals surface area contributed by atoms with E-state index < -0.39 is 0 Å². The summed E-state index contributed by atoms with van der Waals surface area (Å²) >= 11 is 0. The van der Waals surface area contributed by atoms with Gasteiger partial charge >= 0.3 is 0 Å². The Kier molecular flexibility index (Phi) is 4.25. The molecule has 1 heterocycles. The molecule has 0 spiro atoms. The number of aryl methyl sites for hydroxylation is 3. The van der Waals surface area contributed by atoms with E-state index in [9.17, 15) is 4.79 Å². The standard InChI is InChI=1S/C16H24N2O/c1-10-7-12(3)15(8-11(10)2)13(4)17-9-14-5-6-16(19)18-14/h7-8,13-14,17H,5-6,9H2,1-4H3,(H,18,19). The highest BCUT2D eigenvalue weighted by atomic mass is 16.1. The van der Waals surface area contributed by atoms with E-state index in [-0.39, 0.29) is 5.91 Å². The van der Waals surface area contributed by atoms with Gasteiger partial charge in [-0.15, -0.1) is 0 Å². The minimum atomic E-state index is 0.182. The summed E-state index contributed by atoms with van der Waals surface area (Å²) in [6.45, 7) is 9.50. The zero-order valence-corrected chi connectivity index (χ0v) is 12.3. The van der Waals surface area contributed by atoms with E-state index in [4.69, 9.17) is 0 Å². The number of hydrogen-bond acceptors (Lipinski definition) is 2. The molecule has 3 heteroatoms. The summed E-state index contributed by atoms with van der Waals surface area (Å²) in [7, 11) is 0. The Morgan fingerprint density at radius 3 is 2.58 bits per heavy atom. The van der Waals surface area contributed by atoms with Gasteiger partial charge in [-0.1, -0.05) is 12.1 Å². The van der Waals surface area contributed by atoms with Gasteiger partial charge in [0, 0.05) is 25.0 Å². The molecule has 2 rings (SSSR count). The fraction of sp³-hybridized carbons (Fsp3) is 0.562. The van der Waals surface area contributed by atoms with Crippen LogP contribution in [0, 0.1) is 20.8 Å². The second-order valence-corrected chi connectivity index (χ2v) is 5.73. The van der Waals surface area contributed by atoms with Crippen LogP contribution in [0.5, 0.6) is 0 Å². The zero-order valence-electron chi connectivity index (χ0n) is 12.3. The summed E-state index contributed by atoms with van der Waals surface area (Å²) in [6, 6.07) is 5.13. The maximum absolute atomic E-state index is 11.2. The molecule has 1 amide bonds. The van der Waals surface area contributed by atoms with Crippen molar-refractivity contribution in [1.29, 1.82) is 0 Å². The fourth-order valence-corrected chi connectivity index (χ4v) is 2.71. The van der Waals surface area contributed by atoms with Crippen molar-refractivity contribution >= 4 is 5.91 Å². The Labute approximate surface area is 115 Å². The summed E-state index contributed by atoms with van der Waals surface area (Å²) in [6.07, 6.45) is 1.62. The predicted molar refractivity (Wildman–Crippen MR) is 78.2 cm³/mol. The Balaban J connectivity index is 1.98. The quantitative estimate of drug-likeness (QED) is 0.873. The van der Waals surface area contributed by atoms with Crippen molar-refractivity contribution in [3.63, 3.8) is 0 Å². The monoisotopic (exact) mass is 260 g/mol. The number of benzene rings is 1. The molecule has 0 radical (unpaired) electrons. The van der Waals surface area contributed by atoms with Crippen molar-refractivity contribution in [1.82, 2.24) is 10.6 Å². The highest BCUT2D eigenvalue weighted by Gasteiger charge is 2.21. The van der Waals surface area contributed by atoms with Gasteiger partial charge in [0.1, 0.15) is 0 Å². The van der Waals surface area contributed by atoms with E-state index >= 15 is 0 Å². The first-order chi connectivity index (χ1) is 8.97. The number of rotatable bonds is 4. The van der Waals surface area contributed by atoms with Crippen LogP contribution >= 0.6 is 0 Å². The molecule has 3 nitrogen and oxygen atoms in total. The molecule has 1 aliphatic heterocycles. The highest BCUT2D eigenvalue weighted by Crippen LogP contribution is 2.21. The molecule has 1 fully saturated rings. The molecule has 1 aliphatic rings. The summed E-state index contributed by atoms with van der Waals surface area (Å²) < 4.78 is 0. The lowest BCUT2D eigenvalue weighted by molar-refractivity contribution is -0.119. The van der Waals surface area contributed by atoms with Crippen LogP contribution in [-0.2, 0) is 4.79 Å². The lowest BCUT2D eigenvalue weighted by Crippen LogP contribution is -2.36. The molecule has 0 aliphatic carbocycles. The third-order valence-corrected chi connectivity index (χ3v) is 4.10. The molecular formula is C16H24N2O. The van der Waals surface area contributed by atoms with Gasteiger partial charge in [-0.05, 0) is 56.4 Å². The second-order valence-electron chi connectivity index (χ2n) is 5.73. The van der Waals surface area contributed by atoms with Gasteiger partial charge in [0.2, 0.25) is 5.91 Å². The molecule has 1 saturated heterocycles. The molecule has 0 saturated carbocycles. The van der Waals surface area contributed by atoms with Crippen LogP contribution in [0.1, 0.15) is 48.1 Å². The van der Waals surface area contributed by atoms with E-state index in [1.807, 2.05) is 0 Å². The van der Waals surface area contributed by atoms with E-state index in [0.29, 0.717) is 18.5 Å². The number of nitrogens with one attached hydrogen (secondary N) is 2. The van der Waals surface area contributed by atoms with Gasteiger partial charge in [-0.2, -0.15) is 0 Å². The van der Waals surface area contributed by atoms with Crippen molar-refractivity contribution in [2.75, 3.05) is 6.54 Å². The van der Waals surface area contributed by atoms with Crippen LogP contribution in [0.2, 0.25) is 0 Å². The molecule has 104 valence electrons. The van der Waals surface area contributed by atoms with Crippen LogP contribution in [0.25, 0.3) is 0 Å². The van der Waals surface area contributed by atoms with E-state index in [2.05, 4.69) is 50.5 Å². The average molecular weight is 260 g/mol. The van der Waals surface area contributed by atoms with Crippen molar-refractivity contribution in [2.45, 2.75) is 52.6 Å². The molecule has 0 bridgehead atoms. The fourth-order valence-electron chi connectivity index (χ4n) is 2.71. The van der Waals surface area contributed by atoms with Crippen LogP contribution in [0.15, 0.2) is 12.1 Å². The normalized spacial score (nSPS) is 20.4. The largest absolute Gasteiger partial charge is 0.352 e.